The van der Waals surface area contributed by atoms with E-state index in [1.165, 1.54) is 24.0 Å². The van der Waals surface area contributed by atoms with E-state index >= 15 is 0 Å². The molecule has 0 aromatic carbocycles. The van der Waals surface area contributed by atoms with Crippen LogP contribution >= 0.6 is 11.8 Å². The van der Waals surface area contributed by atoms with Gasteiger partial charge in [0.25, 0.3) is 0 Å². The number of rotatable bonds is 7. The number of tetrazole rings is 1. The zero-order chi connectivity index (χ0) is 14.7. The molecule has 112 valence electrons. The monoisotopic (exact) mass is 304 g/mol. The Kier molecular flexibility index (Phi) is 4.50. The fourth-order valence-corrected chi connectivity index (χ4v) is 2.98. The molecule has 1 aliphatic carbocycles. The maximum absolute atomic E-state index is 4.57. The van der Waals surface area contributed by atoms with Crippen LogP contribution in [0.2, 0.25) is 0 Å². The number of hydrogen-bond acceptors (Lipinski definition) is 6. The summed E-state index contributed by atoms with van der Waals surface area (Å²) in [5, 5.41) is 17.2. The van der Waals surface area contributed by atoms with Gasteiger partial charge < -0.3 is 5.32 Å². The van der Waals surface area contributed by atoms with Crippen LogP contribution in [0.3, 0.4) is 0 Å². The summed E-state index contributed by atoms with van der Waals surface area (Å²) in [6, 6.07) is 2.67. The molecule has 2 heterocycles. The standard InChI is InChI=1S/C14H20N6S/c1-3-6-15-8-11-7-10(2)13(16-9-11)21-14-17-18-19-20(14)12-4-5-12/h7,9,12,15H,3-6,8H2,1-2H3. The predicted molar refractivity (Wildman–Crippen MR) is 81.2 cm³/mol. The molecule has 0 saturated heterocycles. The van der Waals surface area contributed by atoms with Crippen LogP contribution < -0.4 is 5.32 Å². The summed E-state index contributed by atoms with van der Waals surface area (Å²) in [6.45, 7) is 6.16. The van der Waals surface area contributed by atoms with Gasteiger partial charge in [0.05, 0.1) is 6.04 Å². The van der Waals surface area contributed by atoms with Crippen LogP contribution in [0.15, 0.2) is 22.4 Å². The molecule has 1 fully saturated rings. The van der Waals surface area contributed by atoms with Gasteiger partial charge >= 0.3 is 0 Å². The molecule has 3 rings (SSSR count). The summed E-state index contributed by atoms with van der Waals surface area (Å²) < 4.78 is 1.92. The Morgan fingerprint density at radius 2 is 2.29 bits per heavy atom. The van der Waals surface area contributed by atoms with E-state index in [0.29, 0.717) is 6.04 Å². The van der Waals surface area contributed by atoms with Gasteiger partial charge in [-0.3, -0.25) is 0 Å². The highest BCUT2D eigenvalue weighted by Gasteiger charge is 2.28. The van der Waals surface area contributed by atoms with Gasteiger partial charge in [0, 0.05) is 12.7 Å². The molecule has 0 aliphatic heterocycles. The average molecular weight is 304 g/mol. The lowest BCUT2D eigenvalue weighted by Crippen LogP contribution is -2.14. The highest BCUT2D eigenvalue weighted by Crippen LogP contribution is 2.38. The second-order valence-corrected chi connectivity index (χ2v) is 6.34. The van der Waals surface area contributed by atoms with Gasteiger partial charge in [-0.15, -0.1) is 5.10 Å². The van der Waals surface area contributed by atoms with Crippen molar-refractivity contribution in [1.29, 1.82) is 0 Å². The van der Waals surface area contributed by atoms with E-state index in [1.807, 2.05) is 10.9 Å². The van der Waals surface area contributed by atoms with Gasteiger partial charge in [-0.05, 0) is 66.0 Å². The Labute approximate surface area is 128 Å². The number of nitrogens with one attached hydrogen (secondary N) is 1. The molecule has 0 spiro atoms. The van der Waals surface area contributed by atoms with Crippen LogP contribution in [0.1, 0.15) is 43.4 Å². The largest absolute Gasteiger partial charge is 0.313 e. The number of nitrogens with zero attached hydrogens (tertiary/aromatic N) is 5. The topological polar surface area (TPSA) is 68.5 Å². The van der Waals surface area contributed by atoms with E-state index in [4.69, 9.17) is 0 Å². The molecular formula is C14H20N6S. The average Bonchev–Trinajstić information content (AvgIpc) is 3.22. The Morgan fingerprint density at radius 3 is 3.00 bits per heavy atom. The number of hydrogen-bond donors (Lipinski definition) is 1. The molecule has 1 saturated carbocycles. The van der Waals surface area contributed by atoms with E-state index in [2.05, 4.69) is 45.7 Å². The van der Waals surface area contributed by atoms with Gasteiger partial charge in [-0.25, -0.2) is 9.67 Å². The van der Waals surface area contributed by atoms with E-state index in [9.17, 15) is 0 Å². The number of aryl methyl sites for hydroxylation is 1. The first-order chi connectivity index (χ1) is 10.3. The van der Waals surface area contributed by atoms with Crippen molar-refractivity contribution in [2.24, 2.45) is 0 Å². The quantitative estimate of drug-likeness (QED) is 0.792. The van der Waals surface area contributed by atoms with Crippen molar-refractivity contribution >= 4 is 11.8 Å². The molecule has 1 aliphatic rings. The minimum Gasteiger partial charge on any atom is -0.313 e. The third-order valence-electron chi connectivity index (χ3n) is 3.39. The minimum absolute atomic E-state index is 0.486. The summed E-state index contributed by atoms with van der Waals surface area (Å²) >= 11 is 1.55. The van der Waals surface area contributed by atoms with Crippen LogP contribution in [-0.4, -0.2) is 31.7 Å². The van der Waals surface area contributed by atoms with Crippen molar-refractivity contribution < 1.29 is 0 Å². The molecule has 0 amide bonds. The Balaban J connectivity index is 1.69. The van der Waals surface area contributed by atoms with Crippen molar-refractivity contribution in [3.63, 3.8) is 0 Å². The van der Waals surface area contributed by atoms with Gasteiger partial charge in [-0.1, -0.05) is 13.0 Å². The van der Waals surface area contributed by atoms with Crippen LogP contribution in [0.5, 0.6) is 0 Å². The van der Waals surface area contributed by atoms with Crippen LogP contribution in [0.25, 0.3) is 0 Å². The van der Waals surface area contributed by atoms with Crippen molar-refractivity contribution in [1.82, 2.24) is 30.5 Å². The molecule has 0 atom stereocenters. The maximum atomic E-state index is 4.57. The van der Waals surface area contributed by atoms with Crippen molar-refractivity contribution in [2.75, 3.05) is 6.54 Å². The molecule has 7 heteroatoms. The van der Waals surface area contributed by atoms with Gasteiger partial charge in [0.2, 0.25) is 5.16 Å². The molecule has 6 nitrogen and oxygen atoms in total. The summed E-state index contributed by atoms with van der Waals surface area (Å²) in [7, 11) is 0. The SMILES string of the molecule is CCCNCc1cnc(Sc2nnnn2C2CC2)c(C)c1. The summed E-state index contributed by atoms with van der Waals surface area (Å²) in [6.07, 6.45) is 5.42. The van der Waals surface area contributed by atoms with Gasteiger partial charge in [0.15, 0.2) is 0 Å². The molecule has 0 unspecified atom stereocenters. The fraction of sp³-hybridized carbons (Fsp3) is 0.571. The van der Waals surface area contributed by atoms with E-state index in [1.54, 1.807) is 11.8 Å². The minimum atomic E-state index is 0.486. The Bertz CT molecular complexity index is 607. The van der Waals surface area contributed by atoms with Crippen LogP contribution in [0, 0.1) is 6.92 Å². The first-order valence-electron chi connectivity index (χ1n) is 7.40. The summed E-state index contributed by atoms with van der Waals surface area (Å²) in [4.78, 5) is 4.57. The van der Waals surface area contributed by atoms with Crippen molar-refractivity contribution in [3.05, 3.63) is 23.4 Å². The lowest BCUT2D eigenvalue weighted by Gasteiger charge is -2.08. The first kappa shape index (κ1) is 14.5. The highest BCUT2D eigenvalue weighted by atomic mass is 32.2. The molecule has 0 radical (unpaired) electrons. The van der Waals surface area contributed by atoms with Gasteiger partial charge in [-0.2, -0.15) is 0 Å². The number of aromatic nitrogens is 5. The second-order valence-electron chi connectivity index (χ2n) is 5.38. The van der Waals surface area contributed by atoms with Crippen molar-refractivity contribution in [2.45, 2.75) is 55.9 Å². The predicted octanol–water partition coefficient (Wildman–Crippen LogP) is 2.36. The third-order valence-corrected chi connectivity index (χ3v) is 4.46. The van der Waals surface area contributed by atoms with E-state index in [0.717, 1.165) is 29.7 Å². The Morgan fingerprint density at radius 1 is 1.43 bits per heavy atom. The lowest BCUT2D eigenvalue weighted by molar-refractivity contribution is 0.565. The summed E-state index contributed by atoms with van der Waals surface area (Å²) in [5.41, 5.74) is 2.38. The fourth-order valence-electron chi connectivity index (χ4n) is 2.12. The molecule has 0 bridgehead atoms. The summed E-state index contributed by atoms with van der Waals surface area (Å²) in [5.74, 6) is 0. The van der Waals surface area contributed by atoms with E-state index in [-0.39, 0.29) is 0 Å². The Hall–Kier alpha value is -1.47. The smallest absolute Gasteiger partial charge is 0.215 e. The van der Waals surface area contributed by atoms with Crippen LogP contribution in [0.4, 0.5) is 0 Å². The van der Waals surface area contributed by atoms with E-state index < -0.39 is 0 Å². The van der Waals surface area contributed by atoms with Gasteiger partial charge in [0.1, 0.15) is 5.03 Å². The lowest BCUT2D eigenvalue weighted by atomic mass is 10.2. The zero-order valence-corrected chi connectivity index (χ0v) is 13.2. The normalized spacial score (nSPS) is 14.6. The molecule has 2 aromatic heterocycles. The van der Waals surface area contributed by atoms with Crippen LogP contribution in [-0.2, 0) is 6.54 Å². The first-order valence-corrected chi connectivity index (χ1v) is 8.21. The molecular weight excluding hydrogens is 284 g/mol. The highest BCUT2D eigenvalue weighted by molar-refractivity contribution is 7.99. The third kappa shape index (κ3) is 3.59. The molecule has 2 aromatic rings. The van der Waals surface area contributed by atoms with Crippen molar-refractivity contribution in [3.8, 4) is 0 Å². The molecule has 1 N–H and O–H groups in total. The second kappa shape index (κ2) is 6.53. The zero-order valence-electron chi connectivity index (χ0n) is 12.4. The number of pyridine rings is 1. The maximum Gasteiger partial charge on any atom is 0.215 e. The molecule has 21 heavy (non-hydrogen) atoms.